The Morgan fingerprint density at radius 2 is 1.54 bits per heavy atom. The molecule has 2 atom stereocenters. The quantitative estimate of drug-likeness (QED) is 0.185. The minimum atomic E-state index is -0.962. The van der Waals surface area contributed by atoms with E-state index in [1.54, 1.807) is 29.1 Å². The van der Waals surface area contributed by atoms with Gasteiger partial charge >= 0.3 is 0 Å². The summed E-state index contributed by atoms with van der Waals surface area (Å²) in [6.45, 7) is 13.6. The molecule has 2 aromatic carbocycles. The van der Waals surface area contributed by atoms with Crippen LogP contribution in [0.25, 0.3) is 22.3 Å². The third-order valence-corrected chi connectivity index (χ3v) is 16.1. The van der Waals surface area contributed by atoms with Crippen LogP contribution in [0.2, 0.25) is 0 Å². The molecule has 6 aliphatic heterocycles. The van der Waals surface area contributed by atoms with Crippen molar-refractivity contribution < 1.29 is 28.7 Å². The van der Waals surface area contributed by atoms with Gasteiger partial charge in [-0.1, -0.05) is 13.0 Å². The predicted octanol–water partition coefficient (Wildman–Crippen LogP) is 6.20. The number of hydrogen-bond donors (Lipinski definition) is 2. The van der Waals surface area contributed by atoms with E-state index in [4.69, 9.17) is 14.7 Å². The minimum absolute atomic E-state index is 0.102. The summed E-state index contributed by atoms with van der Waals surface area (Å²) in [5, 5.41) is 9.88. The standard InChI is InChI=1S/C53H63N11O6/c1-33-5-4-24-70-51-41(29-54-59(51)3)43-27-37(25-34(2)55-43)47(66)58-52-56-42-9-6-36(26-45(42)63(52)30-33)32-61-22-16-53(17-23-61)14-20-60(21-15-53)31-35-12-18-62(19-13-35)38-7-8-39-40(28-38)50(69)64(49(39)68)44-10-11-46(65)57-48(44)67/h6-9,25-29,33,35,44H,4-5,10-24,30-32H2,1-3H3,(H,56,58,66)(H,57,65,67)/t33-,44?/m1/s1. The van der Waals surface area contributed by atoms with E-state index in [1.165, 1.54) is 31.2 Å². The molecule has 11 rings (SSSR count). The van der Waals surface area contributed by atoms with Gasteiger partial charge in [-0.3, -0.25) is 49.4 Å². The van der Waals surface area contributed by atoms with Crippen LogP contribution >= 0.6 is 0 Å². The molecule has 5 aromatic rings. The first kappa shape index (κ1) is 46.0. The van der Waals surface area contributed by atoms with Gasteiger partial charge in [0.15, 0.2) is 0 Å². The van der Waals surface area contributed by atoms with Gasteiger partial charge < -0.3 is 19.1 Å². The lowest BCUT2D eigenvalue weighted by atomic mass is 9.71. The Morgan fingerprint density at radius 1 is 0.786 bits per heavy atom. The fourth-order valence-corrected chi connectivity index (χ4v) is 12.0. The lowest BCUT2D eigenvalue weighted by Crippen LogP contribution is -2.54. The number of benzene rings is 2. The first-order chi connectivity index (χ1) is 33.9. The number of aryl methyl sites for hydroxylation is 2. The number of fused-ring (bicyclic) bond motifs is 8. The van der Waals surface area contributed by atoms with Crippen molar-refractivity contribution in [3.63, 3.8) is 0 Å². The molecule has 1 spiro atoms. The van der Waals surface area contributed by atoms with E-state index in [9.17, 15) is 24.0 Å². The molecular formula is C53H63N11O6. The molecule has 2 bridgehead atoms. The van der Waals surface area contributed by atoms with E-state index in [0.29, 0.717) is 64.6 Å². The Labute approximate surface area is 407 Å². The molecule has 4 saturated heterocycles. The third-order valence-electron chi connectivity index (χ3n) is 16.1. The Hall–Kier alpha value is -6.46. The van der Waals surface area contributed by atoms with Crippen molar-refractivity contribution in [2.24, 2.45) is 24.3 Å². The molecule has 1 unspecified atom stereocenters. The van der Waals surface area contributed by atoms with Crippen molar-refractivity contribution in [1.29, 1.82) is 0 Å². The molecule has 17 nitrogen and oxygen atoms in total. The number of carbonyl (C=O) groups excluding carboxylic acids is 5. The van der Waals surface area contributed by atoms with Crippen LogP contribution in [0.5, 0.6) is 5.88 Å². The normalized spacial score (nSPS) is 22.8. The van der Waals surface area contributed by atoms with Gasteiger partial charge in [0.1, 0.15) is 6.04 Å². The number of ether oxygens (including phenoxy) is 1. The second-order valence-electron chi connectivity index (χ2n) is 21.0. The molecule has 0 saturated carbocycles. The van der Waals surface area contributed by atoms with Gasteiger partial charge in [-0.05, 0) is 156 Å². The number of imide groups is 2. The van der Waals surface area contributed by atoms with Crippen molar-refractivity contribution >= 4 is 52.2 Å². The number of hydrogen-bond acceptors (Lipinski definition) is 12. The molecule has 9 heterocycles. The summed E-state index contributed by atoms with van der Waals surface area (Å²) in [7, 11) is 1.86. The third kappa shape index (κ3) is 8.97. The van der Waals surface area contributed by atoms with Crippen molar-refractivity contribution in [3.8, 4) is 17.1 Å². The van der Waals surface area contributed by atoms with Gasteiger partial charge in [0.2, 0.25) is 23.6 Å². The summed E-state index contributed by atoms with van der Waals surface area (Å²) >= 11 is 0. The number of likely N-dealkylation sites (tertiary alicyclic amines) is 2. The highest BCUT2D eigenvalue weighted by Crippen LogP contribution is 2.42. The van der Waals surface area contributed by atoms with E-state index in [1.807, 2.05) is 26.1 Å². The van der Waals surface area contributed by atoms with E-state index in [2.05, 4.69) is 60.1 Å². The number of nitrogens with one attached hydrogen (secondary N) is 2. The molecule has 0 radical (unpaired) electrons. The zero-order valence-electron chi connectivity index (χ0n) is 40.5. The molecule has 4 fully saturated rings. The summed E-state index contributed by atoms with van der Waals surface area (Å²) in [5.41, 5.74) is 7.79. The van der Waals surface area contributed by atoms with Crippen molar-refractivity contribution in [3.05, 3.63) is 82.7 Å². The van der Waals surface area contributed by atoms with Gasteiger partial charge in [-0.25, -0.2) is 9.67 Å². The van der Waals surface area contributed by atoms with Gasteiger partial charge in [0, 0.05) is 63.1 Å². The van der Waals surface area contributed by atoms with Crippen LogP contribution in [0.4, 0.5) is 11.6 Å². The van der Waals surface area contributed by atoms with Crippen LogP contribution in [0, 0.1) is 24.2 Å². The summed E-state index contributed by atoms with van der Waals surface area (Å²) in [5.74, 6) is -0.00869. The molecule has 3 aromatic heterocycles. The van der Waals surface area contributed by atoms with Gasteiger partial charge in [0.05, 0.1) is 46.2 Å². The van der Waals surface area contributed by atoms with E-state index < -0.39 is 23.8 Å². The number of anilines is 2. The second kappa shape index (κ2) is 18.7. The average Bonchev–Trinajstić information content (AvgIpc) is 3.97. The number of nitrogens with zero attached hydrogens (tertiary/aromatic N) is 9. The number of carbonyl (C=O) groups is 5. The van der Waals surface area contributed by atoms with Crippen LogP contribution in [-0.2, 0) is 29.7 Å². The smallest absolute Gasteiger partial charge is 0.262 e. The first-order valence-corrected chi connectivity index (χ1v) is 25.4. The zero-order chi connectivity index (χ0) is 48.3. The zero-order valence-corrected chi connectivity index (χ0v) is 40.5. The lowest BCUT2D eigenvalue weighted by molar-refractivity contribution is -0.136. The Balaban J connectivity index is 0.677. The lowest BCUT2D eigenvalue weighted by Gasteiger charge is -2.47. The van der Waals surface area contributed by atoms with Crippen molar-refractivity contribution in [1.82, 2.24) is 44.3 Å². The number of imidazole rings is 1. The first-order valence-electron chi connectivity index (χ1n) is 25.4. The molecule has 6 aliphatic rings. The average molecular weight is 950 g/mol. The van der Waals surface area contributed by atoms with Crippen LogP contribution in [0.3, 0.4) is 0 Å². The second-order valence-corrected chi connectivity index (χ2v) is 21.0. The molecular weight excluding hydrogens is 887 g/mol. The number of pyridine rings is 1. The molecule has 70 heavy (non-hydrogen) atoms. The Morgan fingerprint density at radius 3 is 2.31 bits per heavy atom. The monoisotopic (exact) mass is 949 g/mol. The van der Waals surface area contributed by atoms with Crippen LogP contribution < -0.4 is 20.3 Å². The molecule has 0 aliphatic carbocycles. The Kier molecular flexibility index (Phi) is 12.3. The number of amides is 5. The Bertz CT molecular complexity index is 2880. The number of rotatable bonds is 6. The van der Waals surface area contributed by atoms with E-state index in [-0.39, 0.29) is 24.7 Å². The molecule has 5 amide bonds. The fourth-order valence-electron chi connectivity index (χ4n) is 12.0. The topological polar surface area (TPSA) is 180 Å². The highest BCUT2D eigenvalue weighted by atomic mass is 16.5. The number of aromatic nitrogens is 5. The maximum atomic E-state index is 13.9. The van der Waals surface area contributed by atoms with Gasteiger partial charge in [0.25, 0.3) is 17.7 Å². The van der Waals surface area contributed by atoms with Crippen LogP contribution in [-0.4, -0.2) is 127 Å². The van der Waals surface area contributed by atoms with Crippen LogP contribution in [0.1, 0.15) is 113 Å². The maximum Gasteiger partial charge on any atom is 0.262 e. The number of piperidine rings is 4. The molecule has 17 heteroatoms. The predicted molar refractivity (Wildman–Crippen MR) is 263 cm³/mol. The van der Waals surface area contributed by atoms with Crippen molar-refractivity contribution in [2.75, 3.05) is 62.6 Å². The molecule has 2 N–H and O–H groups in total. The summed E-state index contributed by atoms with van der Waals surface area (Å²) < 4.78 is 10.2. The molecule has 366 valence electrons. The summed E-state index contributed by atoms with van der Waals surface area (Å²) in [6, 6.07) is 14.7. The maximum absolute atomic E-state index is 13.9. The minimum Gasteiger partial charge on any atom is -0.477 e. The van der Waals surface area contributed by atoms with Gasteiger partial charge in [-0.2, -0.15) is 5.10 Å². The van der Waals surface area contributed by atoms with Crippen molar-refractivity contribution in [2.45, 2.75) is 97.2 Å². The summed E-state index contributed by atoms with van der Waals surface area (Å²) in [6.07, 6.45) is 10.9. The van der Waals surface area contributed by atoms with E-state index >= 15 is 0 Å². The van der Waals surface area contributed by atoms with Crippen LogP contribution in [0.15, 0.2) is 54.7 Å². The van der Waals surface area contributed by atoms with E-state index in [0.717, 1.165) is 111 Å². The summed E-state index contributed by atoms with van der Waals surface area (Å²) in [4.78, 5) is 83.2. The SMILES string of the molecule is Cc1cc2cc(n1)-c1cnn(C)c1OCCC[C@@H](C)Cn1c(nc3ccc(CN4CCC5(CC4)CCN(CC4CCN(c6ccc7c(c6)C(=O)N(C6CCC(=O)NC6=O)C7=O)CC4)CC5)cc31)NC2=O. The van der Waals surface area contributed by atoms with Gasteiger partial charge in [-0.15, -0.1) is 0 Å². The largest absolute Gasteiger partial charge is 0.477 e. The highest BCUT2D eigenvalue weighted by Gasteiger charge is 2.45. The highest BCUT2D eigenvalue weighted by molar-refractivity contribution is 6.23. The fraction of sp³-hybridized carbons (Fsp3) is 0.509.